The number of likely N-dealkylation sites (tertiary alicyclic amines) is 1. The molecule has 0 saturated carbocycles. The second-order valence-electron chi connectivity index (χ2n) is 8.62. The molecule has 1 aromatic heterocycles. The normalized spacial score (nSPS) is 15.9. The van der Waals surface area contributed by atoms with Crippen LogP contribution < -0.4 is 0 Å². The van der Waals surface area contributed by atoms with E-state index in [4.69, 9.17) is 4.98 Å². The number of aryl methyl sites for hydroxylation is 2. The van der Waals surface area contributed by atoms with Crippen molar-refractivity contribution in [2.24, 2.45) is 0 Å². The van der Waals surface area contributed by atoms with Crippen LogP contribution in [0.2, 0.25) is 0 Å². The molecule has 3 rings (SSSR count). The highest BCUT2D eigenvalue weighted by molar-refractivity contribution is 7.89. The Kier molecular flexibility index (Phi) is 8.11. The lowest BCUT2D eigenvalue weighted by Crippen LogP contribution is -2.34. The molecule has 0 aliphatic carbocycles. The van der Waals surface area contributed by atoms with Crippen molar-refractivity contribution >= 4 is 27.0 Å². The van der Waals surface area contributed by atoms with E-state index in [0.717, 1.165) is 56.7 Å². The van der Waals surface area contributed by atoms with E-state index >= 15 is 0 Å². The summed E-state index contributed by atoms with van der Waals surface area (Å²) >= 11 is 0. The number of aromatic nitrogens is 2. The van der Waals surface area contributed by atoms with Crippen LogP contribution in [0.15, 0.2) is 23.1 Å². The molecule has 172 valence electrons. The summed E-state index contributed by atoms with van der Waals surface area (Å²) in [4.78, 5) is 19.9. The zero-order valence-corrected chi connectivity index (χ0v) is 20.0. The lowest BCUT2D eigenvalue weighted by atomic mass is 10.1. The van der Waals surface area contributed by atoms with Crippen LogP contribution in [0.4, 0.5) is 0 Å². The Bertz CT molecular complexity index is 990. The molecule has 1 aromatic carbocycles. The smallest absolute Gasteiger partial charge is 0.242 e. The second-order valence-corrected chi connectivity index (χ2v) is 10.8. The van der Waals surface area contributed by atoms with E-state index in [-0.39, 0.29) is 10.8 Å². The van der Waals surface area contributed by atoms with E-state index < -0.39 is 10.0 Å². The van der Waals surface area contributed by atoms with Crippen molar-refractivity contribution in [3.63, 3.8) is 0 Å². The number of benzene rings is 1. The number of rotatable bonds is 8. The number of carbonyl (C=O) groups excluding carboxylic acids is 1. The van der Waals surface area contributed by atoms with Gasteiger partial charge in [-0.1, -0.05) is 32.6 Å². The molecule has 0 spiro atoms. The monoisotopic (exact) mass is 448 g/mol. The molecule has 2 aromatic rings. The maximum atomic E-state index is 12.8. The number of unbranched alkanes of at least 4 members (excludes halogenated alkanes) is 1. The Labute approximate surface area is 186 Å². The van der Waals surface area contributed by atoms with Crippen molar-refractivity contribution < 1.29 is 13.2 Å². The molecule has 0 unspecified atom stereocenters. The zero-order valence-electron chi connectivity index (χ0n) is 19.1. The van der Waals surface area contributed by atoms with Crippen molar-refractivity contribution in [3.05, 3.63) is 24.0 Å². The van der Waals surface area contributed by atoms with E-state index in [1.807, 2.05) is 11.0 Å². The van der Waals surface area contributed by atoms with E-state index in [2.05, 4.69) is 11.5 Å². The maximum absolute atomic E-state index is 12.8. The first-order chi connectivity index (χ1) is 14.8. The number of fused-ring (bicyclic) bond motifs is 1. The first-order valence-electron chi connectivity index (χ1n) is 11.5. The van der Waals surface area contributed by atoms with Gasteiger partial charge in [-0.25, -0.2) is 17.7 Å². The fourth-order valence-electron chi connectivity index (χ4n) is 4.16. The van der Waals surface area contributed by atoms with Crippen LogP contribution in [0.25, 0.3) is 11.0 Å². The fourth-order valence-corrected chi connectivity index (χ4v) is 5.08. The molecule has 1 fully saturated rings. The lowest BCUT2D eigenvalue weighted by Gasteiger charge is -2.24. The summed E-state index contributed by atoms with van der Waals surface area (Å²) in [5, 5.41) is 0. The third-order valence-electron chi connectivity index (χ3n) is 6.08. The second kappa shape index (κ2) is 10.6. The van der Waals surface area contributed by atoms with Crippen LogP contribution in [0, 0.1) is 0 Å². The summed E-state index contributed by atoms with van der Waals surface area (Å²) in [5.41, 5.74) is 1.60. The molecule has 0 bridgehead atoms. The molecular formula is C23H36N4O3S. The minimum atomic E-state index is -3.51. The number of carbonyl (C=O) groups is 1. The number of hydrogen-bond donors (Lipinski definition) is 0. The molecule has 1 amide bonds. The number of hydrogen-bond acceptors (Lipinski definition) is 4. The molecular weight excluding hydrogens is 412 g/mol. The van der Waals surface area contributed by atoms with Crippen molar-refractivity contribution in [1.82, 2.24) is 18.8 Å². The summed E-state index contributed by atoms with van der Waals surface area (Å²) < 4.78 is 28.4. The van der Waals surface area contributed by atoms with Gasteiger partial charge in [0.15, 0.2) is 0 Å². The molecule has 7 nitrogen and oxygen atoms in total. The molecule has 1 saturated heterocycles. The van der Waals surface area contributed by atoms with Crippen LogP contribution >= 0.6 is 0 Å². The highest BCUT2D eigenvalue weighted by Gasteiger charge is 2.21. The first-order valence-corrected chi connectivity index (χ1v) is 13.0. The molecule has 0 radical (unpaired) electrons. The van der Waals surface area contributed by atoms with Crippen LogP contribution in [-0.4, -0.2) is 60.3 Å². The van der Waals surface area contributed by atoms with Gasteiger partial charge >= 0.3 is 0 Å². The van der Waals surface area contributed by atoms with Gasteiger partial charge < -0.3 is 9.47 Å². The van der Waals surface area contributed by atoms with Gasteiger partial charge in [0.1, 0.15) is 5.82 Å². The van der Waals surface area contributed by atoms with Crippen LogP contribution in [0.3, 0.4) is 0 Å². The fraction of sp³-hybridized carbons (Fsp3) is 0.652. The summed E-state index contributed by atoms with van der Waals surface area (Å²) in [6.45, 7) is 4.68. The van der Waals surface area contributed by atoms with E-state index in [9.17, 15) is 13.2 Å². The minimum absolute atomic E-state index is 0.201. The third kappa shape index (κ3) is 5.66. The zero-order chi connectivity index (χ0) is 22.4. The van der Waals surface area contributed by atoms with Gasteiger partial charge in [0.2, 0.25) is 15.9 Å². The van der Waals surface area contributed by atoms with Crippen molar-refractivity contribution in [1.29, 1.82) is 0 Å². The Morgan fingerprint density at radius 1 is 1.10 bits per heavy atom. The van der Waals surface area contributed by atoms with Crippen molar-refractivity contribution in [2.45, 2.75) is 76.2 Å². The van der Waals surface area contributed by atoms with Crippen LogP contribution in [0.1, 0.15) is 64.1 Å². The van der Waals surface area contributed by atoms with Crippen molar-refractivity contribution in [3.8, 4) is 0 Å². The van der Waals surface area contributed by atoms with Crippen LogP contribution in [-0.2, 0) is 27.8 Å². The SMILES string of the molecule is CCCCn1c(CCC(=O)N2CCCCCCC2)nc2cc(S(=O)(=O)N(C)C)ccc21. The predicted octanol–water partition coefficient (Wildman–Crippen LogP) is 3.81. The molecule has 8 heteroatoms. The Hall–Kier alpha value is -1.93. The number of sulfonamides is 1. The number of imidazole rings is 1. The number of nitrogens with zero attached hydrogens (tertiary/aromatic N) is 4. The average molecular weight is 449 g/mol. The van der Waals surface area contributed by atoms with Gasteiger partial charge in [-0.3, -0.25) is 4.79 Å². The standard InChI is InChI=1S/C23H36N4O3S/c1-4-5-17-27-21-12-11-19(31(29,30)25(2)3)18-20(21)24-22(27)13-14-23(28)26-15-9-7-6-8-10-16-26/h11-12,18H,4-10,13-17H2,1-3H3. The maximum Gasteiger partial charge on any atom is 0.242 e. The lowest BCUT2D eigenvalue weighted by molar-refractivity contribution is -0.131. The van der Waals surface area contributed by atoms with Gasteiger partial charge in [-0.2, -0.15) is 0 Å². The first kappa shape index (κ1) is 23.7. The van der Waals surface area contributed by atoms with Gasteiger partial charge in [-0.05, 0) is 37.5 Å². The highest BCUT2D eigenvalue weighted by Crippen LogP contribution is 2.23. The van der Waals surface area contributed by atoms with Crippen LogP contribution in [0.5, 0.6) is 0 Å². The highest BCUT2D eigenvalue weighted by atomic mass is 32.2. The summed E-state index contributed by atoms with van der Waals surface area (Å²) in [5.74, 6) is 1.06. The molecule has 1 aliphatic heterocycles. The third-order valence-corrected chi connectivity index (χ3v) is 7.89. The molecule has 31 heavy (non-hydrogen) atoms. The van der Waals surface area contributed by atoms with Crippen molar-refractivity contribution in [2.75, 3.05) is 27.2 Å². The quantitative estimate of drug-likeness (QED) is 0.615. The summed E-state index contributed by atoms with van der Waals surface area (Å²) in [6, 6.07) is 5.14. The van der Waals surface area contributed by atoms with Gasteiger partial charge in [0.25, 0.3) is 0 Å². The summed E-state index contributed by atoms with van der Waals surface area (Å²) in [7, 11) is -0.454. The molecule has 0 N–H and O–H groups in total. The Morgan fingerprint density at radius 2 is 1.77 bits per heavy atom. The molecule has 1 aliphatic rings. The van der Waals surface area contributed by atoms with E-state index in [1.54, 1.807) is 12.1 Å². The molecule has 2 heterocycles. The molecule has 0 atom stereocenters. The average Bonchev–Trinajstić information content (AvgIpc) is 3.06. The number of amides is 1. The topological polar surface area (TPSA) is 75.5 Å². The summed E-state index contributed by atoms with van der Waals surface area (Å²) in [6.07, 6.45) is 8.93. The minimum Gasteiger partial charge on any atom is -0.343 e. The largest absolute Gasteiger partial charge is 0.343 e. The Morgan fingerprint density at radius 3 is 2.42 bits per heavy atom. The van der Waals surface area contributed by atoms with Gasteiger partial charge in [0, 0.05) is 46.6 Å². The van der Waals surface area contributed by atoms with E-state index in [1.165, 1.54) is 37.7 Å². The predicted molar refractivity (Wildman–Crippen MR) is 123 cm³/mol. The van der Waals surface area contributed by atoms with Gasteiger partial charge in [-0.15, -0.1) is 0 Å². The van der Waals surface area contributed by atoms with E-state index in [0.29, 0.717) is 18.4 Å². The Balaban J connectivity index is 1.83. The van der Waals surface area contributed by atoms with Gasteiger partial charge in [0.05, 0.1) is 15.9 Å².